The van der Waals surface area contributed by atoms with Gasteiger partial charge in [0.1, 0.15) is 0 Å². The summed E-state index contributed by atoms with van der Waals surface area (Å²) in [5.74, 6) is -3.08. The number of hydrogen-bond donors (Lipinski definition) is 1. The van der Waals surface area contributed by atoms with Crippen LogP contribution in [-0.2, 0) is 23.9 Å². The molecule has 1 N–H and O–H groups in total. The average molecular weight is 380 g/mol. The largest absolute Gasteiger partial charge is 0.465 e. The molecule has 1 saturated heterocycles. The van der Waals surface area contributed by atoms with Gasteiger partial charge in [0.15, 0.2) is 5.41 Å². The van der Waals surface area contributed by atoms with E-state index in [2.05, 4.69) is 5.32 Å². The van der Waals surface area contributed by atoms with E-state index in [0.29, 0.717) is 18.0 Å². The number of esters is 2. The molecule has 0 unspecified atom stereocenters. The third-order valence-corrected chi connectivity index (χ3v) is 5.60. The van der Waals surface area contributed by atoms with Gasteiger partial charge < -0.3 is 14.8 Å². The summed E-state index contributed by atoms with van der Waals surface area (Å²) in [6.45, 7) is 4.10. The molecule has 2 fully saturated rings. The molecule has 1 aliphatic carbocycles. The molecule has 0 aromatic heterocycles. The predicted octanol–water partition coefficient (Wildman–Crippen LogP) is 2.30. The molecule has 1 amide bonds. The number of ether oxygens (including phenoxy) is 2. The number of fused-ring (bicyclic) bond motifs is 1. The van der Waals surface area contributed by atoms with Crippen LogP contribution in [0.15, 0.2) is 24.3 Å². The fourth-order valence-corrected chi connectivity index (χ4v) is 4.55. The third kappa shape index (κ3) is 2.67. The van der Waals surface area contributed by atoms with Gasteiger partial charge >= 0.3 is 11.9 Å². The number of benzene rings is 1. The van der Waals surface area contributed by atoms with Crippen LogP contribution >= 0.6 is 11.6 Å². The first kappa shape index (κ1) is 18.7. The highest BCUT2D eigenvalue weighted by molar-refractivity contribution is 6.30. The summed E-state index contributed by atoms with van der Waals surface area (Å²) in [5, 5.41) is 3.33. The fourth-order valence-electron chi connectivity index (χ4n) is 4.42. The molecule has 3 rings (SSSR count). The van der Waals surface area contributed by atoms with E-state index >= 15 is 0 Å². The zero-order chi connectivity index (χ0) is 18.9. The first-order valence-corrected chi connectivity index (χ1v) is 9.23. The van der Waals surface area contributed by atoms with Gasteiger partial charge in [0.05, 0.1) is 19.1 Å². The van der Waals surface area contributed by atoms with Crippen LogP contribution < -0.4 is 5.32 Å². The second-order valence-electron chi connectivity index (χ2n) is 6.56. The van der Waals surface area contributed by atoms with Gasteiger partial charge in [-0.2, -0.15) is 0 Å². The van der Waals surface area contributed by atoms with Gasteiger partial charge in [0.2, 0.25) is 5.91 Å². The Morgan fingerprint density at radius 2 is 1.69 bits per heavy atom. The van der Waals surface area contributed by atoms with Crippen LogP contribution in [0.3, 0.4) is 0 Å². The molecule has 0 spiro atoms. The van der Waals surface area contributed by atoms with Crippen LogP contribution in [0.5, 0.6) is 0 Å². The summed E-state index contributed by atoms with van der Waals surface area (Å²) in [6.07, 6.45) is 0.685. The van der Waals surface area contributed by atoms with Crippen molar-refractivity contribution in [1.29, 1.82) is 0 Å². The quantitative estimate of drug-likeness (QED) is 0.627. The van der Waals surface area contributed by atoms with Crippen LogP contribution in [0.4, 0.5) is 0 Å². The number of amides is 1. The number of piperidine rings is 1. The lowest BCUT2D eigenvalue weighted by atomic mass is 9.43. The second kappa shape index (κ2) is 7.27. The Labute approximate surface area is 157 Å². The number of nitrogens with one attached hydrogen (secondary N) is 1. The van der Waals surface area contributed by atoms with Gasteiger partial charge in [-0.05, 0) is 43.9 Å². The molecular formula is C19H22ClNO5. The molecule has 1 heterocycles. The van der Waals surface area contributed by atoms with Crippen molar-refractivity contribution in [1.82, 2.24) is 5.32 Å². The Balaban J connectivity index is 2.13. The number of carbonyl (C=O) groups excluding carboxylic acids is 3. The van der Waals surface area contributed by atoms with Crippen LogP contribution in [-0.4, -0.2) is 37.6 Å². The van der Waals surface area contributed by atoms with Crippen molar-refractivity contribution in [3.05, 3.63) is 34.9 Å². The van der Waals surface area contributed by atoms with Crippen LogP contribution in [0.2, 0.25) is 5.02 Å². The topological polar surface area (TPSA) is 81.7 Å². The third-order valence-electron chi connectivity index (χ3n) is 5.35. The molecule has 1 saturated carbocycles. The number of rotatable bonds is 5. The number of halogens is 1. The van der Waals surface area contributed by atoms with Gasteiger partial charge in [-0.25, -0.2) is 0 Å². The summed E-state index contributed by atoms with van der Waals surface area (Å²) in [5.41, 5.74) is -0.874. The Kier molecular flexibility index (Phi) is 5.23. The van der Waals surface area contributed by atoms with Crippen LogP contribution in [0.1, 0.15) is 31.7 Å². The van der Waals surface area contributed by atoms with E-state index in [-0.39, 0.29) is 25.0 Å². The lowest BCUT2D eigenvalue weighted by Gasteiger charge is -2.58. The Morgan fingerprint density at radius 1 is 1.12 bits per heavy atom. The van der Waals surface area contributed by atoms with E-state index in [1.165, 1.54) is 0 Å². The van der Waals surface area contributed by atoms with Crippen molar-refractivity contribution in [3.8, 4) is 0 Å². The summed E-state index contributed by atoms with van der Waals surface area (Å²) < 4.78 is 10.5. The zero-order valence-electron chi connectivity index (χ0n) is 14.8. The molecule has 0 radical (unpaired) electrons. The average Bonchev–Trinajstić information content (AvgIpc) is 2.59. The van der Waals surface area contributed by atoms with Gasteiger partial charge in [-0.1, -0.05) is 23.7 Å². The number of carbonyl (C=O) groups is 3. The summed E-state index contributed by atoms with van der Waals surface area (Å²) in [6, 6.07) is 7.02. The predicted molar refractivity (Wildman–Crippen MR) is 94.5 cm³/mol. The van der Waals surface area contributed by atoms with E-state index in [1.807, 2.05) is 0 Å². The Bertz CT molecular complexity index is 699. The first-order valence-electron chi connectivity index (χ1n) is 8.86. The Morgan fingerprint density at radius 3 is 2.23 bits per heavy atom. The summed E-state index contributed by atoms with van der Waals surface area (Å²) >= 11 is 5.99. The lowest BCUT2D eigenvalue weighted by molar-refractivity contribution is -0.204. The molecule has 1 aromatic carbocycles. The maximum atomic E-state index is 13.0. The highest BCUT2D eigenvalue weighted by atomic mass is 35.5. The highest BCUT2D eigenvalue weighted by Gasteiger charge is 2.75. The molecule has 1 aromatic rings. The summed E-state index contributed by atoms with van der Waals surface area (Å²) in [7, 11) is 0. The monoisotopic (exact) mass is 379 g/mol. The normalized spacial score (nSPS) is 26.1. The van der Waals surface area contributed by atoms with E-state index in [9.17, 15) is 14.4 Å². The fraction of sp³-hybridized carbons (Fsp3) is 0.526. The van der Waals surface area contributed by atoms with E-state index in [0.717, 1.165) is 5.56 Å². The minimum Gasteiger partial charge on any atom is -0.465 e. The van der Waals surface area contributed by atoms with Gasteiger partial charge in [-0.3, -0.25) is 14.4 Å². The molecule has 2 aliphatic rings. The molecule has 3 atom stereocenters. The maximum Gasteiger partial charge on any atom is 0.324 e. The van der Waals surface area contributed by atoms with Gasteiger partial charge in [0.25, 0.3) is 0 Å². The van der Waals surface area contributed by atoms with Crippen molar-refractivity contribution in [3.63, 3.8) is 0 Å². The van der Waals surface area contributed by atoms with Crippen molar-refractivity contribution in [2.24, 2.45) is 17.3 Å². The van der Waals surface area contributed by atoms with E-state index in [1.54, 1.807) is 38.1 Å². The van der Waals surface area contributed by atoms with E-state index < -0.39 is 29.2 Å². The Hall–Kier alpha value is -2.08. The minimum absolute atomic E-state index is 0.117. The molecule has 140 valence electrons. The van der Waals surface area contributed by atoms with E-state index in [4.69, 9.17) is 21.1 Å². The molecule has 6 nitrogen and oxygen atoms in total. The van der Waals surface area contributed by atoms with Gasteiger partial charge in [0, 0.05) is 17.5 Å². The number of hydrogen-bond acceptors (Lipinski definition) is 5. The second-order valence-corrected chi connectivity index (χ2v) is 7.00. The highest BCUT2D eigenvalue weighted by Crippen LogP contribution is 2.64. The molecule has 1 aliphatic heterocycles. The molecule has 26 heavy (non-hydrogen) atoms. The van der Waals surface area contributed by atoms with Gasteiger partial charge in [-0.15, -0.1) is 0 Å². The first-order chi connectivity index (χ1) is 12.5. The van der Waals surface area contributed by atoms with Crippen molar-refractivity contribution in [2.45, 2.75) is 26.2 Å². The summed E-state index contributed by atoms with van der Waals surface area (Å²) in [4.78, 5) is 38.5. The molecule has 7 heteroatoms. The van der Waals surface area contributed by atoms with Crippen molar-refractivity contribution >= 4 is 29.4 Å². The standard InChI is InChI=1S/C19H22ClNO5/c1-3-25-17(23)19(18(24)26-4-2)14(11-5-7-12(20)8-6-11)13-9-10-21-16(22)15(13)19/h5-8,13-15H,3-4,9-10H2,1-2H3,(H,21,22)/t13-,14-,15-/m1/s1. The molecular weight excluding hydrogens is 358 g/mol. The van der Waals surface area contributed by atoms with Crippen LogP contribution in [0.25, 0.3) is 0 Å². The van der Waals surface area contributed by atoms with Crippen LogP contribution in [0, 0.1) is 17.3 Å². The van der Waals surface area contributed by atoms with Crippen molar-refractivity contribution in [2.75, 3.05) is 19.8 Å². The minimum atomic E-state index is -1.66. The maximum absolute atomic E-state index is 13.0. The van der Waals surface area contributed by atoms with Crippen molar-refractivity contribution < 1.29 is 23.9 Å². The smallest absolute Gasteiger partial charge is 0.324 e. The zero-order valence-corrected chi connectivity index (χ0v) is 15.5. The molecule has 0 bridgehead atoms. The lowest BCUT2D eigenvalue weighted by Crippen LogP contribution is -2.70. The SMILES string of the molecule is CCOC(=O)C1(C(=O)OCC)[C@H](c2ccc(Cl)cc2)[C@H]2CCNC(=O)[C@@H]21.